The van der Waals surface area contributed by atoms with Crippen molar-refractivity contribution in [1.29, 1.82) is 0 Å². The van der Waals surface area contributed by atoms with Crippen LogP contribution < -0.4 is 25.0 Å². The van der Waals surface area contributed by atoms with Crippen LogP contribution >= 0.6 is 11.8 Å². The fraction of sp³-hybridized carbons (Fsp3) is 0.364. The molecule has 1 fully saturated rings. The van der Waals surface area contributed by atoms with Gasteiger partial charge in [-0.25, -0.2) is 23.1 Å². The van der Waals surface area contributed by atoms with Gasteiger partial charge in [0.1, 0.15) is 11.3 Å². The predicted octanol–water partition coefficient (Wildman–Crippen LogP) is 1.22. The number of hydrogen-bond donors (Lipinski definition) is 3. The number of nitrogens with one attached hydrogen (secondary N) is 3. The molecule has 0 aromatic carbocycles. The third kappa shape index (κ3) is 5.17. The molecule has 0 spiro atoms. The van der Waals surface area contributed by atoms with E-state index in [9.17, 15) is 13.2 Å². The van der Waals surface area contributed by atoms with Gasteiger partial charge in [0.25, 0.3) is 10.0 Å². The lowest BCUT2D eigenvalue weighted by Gasteiger charge is -2.20. The zero-order valence-electron chi connectivity index (χ0n) is 19.0. The molecule has 1 atom stereocenters. The first-order valence-corrected chi connectivity index (χ1v) is 13.6. The number of ether oxygens (including phenoxy) is 1. The number of amides is 1. The number of thioether (sulfide) groups is 1. The number of nitrogens with zero attached hydrogens (tertiary/aromatic N) is 4. The fourth-order valence-corrected chi connectivity index (χ4v) is 5.87. The van der Waals surface area contributed by atoms with E-state index in [2.05, 4.69) is 35.2 Å². The molecule has 1 saturated heterocycles. The van der Waals surface area contributed by atoms with E-state index in [4.69, 9.17) is 4.74 Å². The minimum atomic E-state index is -3.79. The Morgan fingerprint density at radius 2 is 2.09 bits per heavy atom. The minimum absolute atomic E-state index is 0.112. The molecule has 1 amide bonds. The summed E-state index contributed by atoms with van der Waals surface area (Å²) in [7, 11) is -2.20. The van der Waals surface area contributed by atoms with Crippen LogP contribution in [0.25, 0.3) is 11.0 Å². The fourth-order valence-electron chi connectivity index (χ4n) is 4.14. The molecule has 0 bridgehead atoms. The molecule has 2 aliphatic rings. The first kappa shape index (κ1) is 23.7. The van der Waals surface area contributed by atoms with Gasteiger partial charge in [-0.05, 0) is 30.7 Å². The van der Waals surface area contributed by atoms with Crippen molar-refractivity contribution in [3.63, 3.8) is 0 Å². The largest absolute Gasteiger partial charge is 0.481 e. The highest BCUT2D eigenvalue weighted by molar-refractivity contribution is 8.00. The van der Waals surface area contributed by atoms with Crippen molar-refractivity contribution in [2.45, 2.75) is 22.4 Å². The van der Waals surface area contributed by atoms with E-state index in [0.717, 1.165) is 41.1 Å². The molecular weight excluding hydrogens is 490 g/mol. The van der Waals surface area contributed by atoms with E-state index in [0.29, 0.717) is 18.2 Å². The second-order valence-electron chi connectivity index (χ2n) is 8.17. The molecule has 184 valence electrons. The molecule has 3 aromatic rings. The van der Waals surface area contributed by atoms with Gasteiger partial charge in [-0.2, -0.15) is 0 Å². The lowest BCUT2D eigenvalue weighted by Crippen LogP contribution is -2.38. The molecule has 11 nitrogen and oxygen atoms in total. The minimum Gasteiger partial charge on any atom is -0.481 e. The smallest absolute Gasteiger partial charge is 0.258 e. The number of carbonyl (C=O) groups excluding carboxylic acids is 1. The summed E-state index contributed by atoms with van der Waals surface area (Å²) < 4.78 is 33.2. The summed E-state index contributed by atoms with van der Waals surface area (Å²) in [6, 6.07) is 8.98. The summed E-state index contributed by atoms with van der Waals surface area (Å²) in [5.41, 5.74) is 2.61. The van der Waals surface area contributed by atoms with Crippen LogP contribution in [-0.4, -0.2) is 74.4 Å². The lowest BCUT2D eigenvalue weighted by atomic mass is 10.2. The van der Waals surface area contributed by atoms with Crippen LogP contribution in [0, 0.1) is 0 Å². The summed E-state index contributed by atoms with van der Waals surface area (Å²) in [5.74, 6) is 0.935. The Bertz CT molecular complexity index is 1370. The van der Waals surface area contributed by atoms with E-state index < -0.39 is 10.0 Å². The Kier molecular flexibility index (Phi) is 6.73. The number of hydrogen-bond acceptors (Lipinski definition) is 10. The summed E-state index contributed by atoms with van der Waals surface area (Å²) in [4.78, 5) is 27.7. The molecule has 0 saturated carbocycles. The van der Waals surface area contributed by atoms with Gasteiger partial charge >= 0.3 is 0 Å². The van der Waals surface area contributed by atoms with Gasteiger partial charge in [-0.1, -0.05) is 0 Å². The Morgan fingerprint density at radius 3 is 2.94 bits per heavy atom. The van der Waals surface area contributed by atoms with Crippen molar-refractivity contribution < 1.29 is 17.9 Å². The lowest BCUT2D eigenvalue weighted by molar-refractivity contribution is -0.113. The van der Waals surface area contributed by atoms with Gasteiger partial charge in [-0.3, -0.25) is 9.78 Å². The highest BCUT2D eigenvalue weighted by Crippen LogP contribution is 2.31. The summed E-state index contributed by atoms with van der Waals surface area (Å²) >= 11 is 1.34. The molecular formula is C22H25N7O4S2. The standard InChI is InChI=1S/C22H25N7O4S2/c1-33-19-4-2-15-21(27-19)16(6-8-24-15)29-11-7-14(12-29)23-9-10-25-35(31,32)20-5-3-17-22(28-20)26-18(30)13-34-17/h2-6,8,14,23,25H,7,9-13H2,1H3,(H,26,28,30). The Hall–Kier alpha value is -3.00. The third-order valence-corrected chi connectivity index (χ3v) is 8.26. The molecule has 5 rings (SSSR count). The van der Waals surface area contributed by atoms with E-state index in [-0.39, 0.29) is 29.3 Å². The number of fused-ring (bicyclic) bond motifs is 2. The maximum absolute atomic E-state index is 12.7. The summed E-state index contributed by atoms with van der Waals surface area (Å²) in [6.45, 7) is 2.31. The number of pyridine rings is 3. The van der Waals surface area contributed by atoms with Crippen LogP contribution in [0.3, 0.4) is 0 Å². The first-order chi connectivity index (χ1) is 16.9. The second-order valence-corrected chi connectivity index (χ2v) is 10.9. The summed E-state index contributed by atoms with van der Waals surface area (Å²) in [5, 5.41) is 5.93. The van der Waals surface area contributed by atoms with Crippen molar-refractivity contribution in [3.8, 4) is 5.88 Å². The van der Waals surface area contributed by atoms with E-state index in [1.165, 1.54) is 17.8 Å². The first-order valence-electron chi connectivity index (χ1n) is 11.1. The highest BCUT2D eigenvalue weighted by Gasteiger charge is 2.25. The van der Waals surface area contributed by atoms with Crippen LogP contribution in [-0.2, 0) is 14.8 Å². The molecule has 3 N–H and O–H groups in total. The van der Waals surface area contributed by atoms with Gasteiger partial charge in [0.05, 0.1) is 29.0 Å². The summed E-state index contributed by atoms with van der Waals surface area (Å²) in [6.07, 6.45) is 2.70. The highest BCUT2D eigenvalue weighted by atomic mass is 32.2. The normalized spacial score (nSPS) is 17.9. The van der Waals surface area contributed by atoms with Crippen LogP contribution in [0.4, 0.5) is 11.5 Å². The SMILES string of the molecule is COc1ccc2nccc(N3CCC(NCCNS(=O)(=O)c4ccc5c(n4)NC(=O)CS5)C3)c2n1. The predicted molar refractivity (Wildman–Crippen MR) is 133 cm³/mol. The zero-order valence-corrected chi connectivity index (χ0v) is 20.7. The quantitative estimate of drug-likeness (QED) is 0.375. The molecule has 5 heterocycles. The Labute approximate surface area is 207 Å². The topological polar surface area (TPSA) is 138 Å². The molecule has 2 aliphatic heterocycles. The monoisotopic (exact) mass is 515 g/mol. The second kappa shape index (κ2) is 9.93. The average Bonchev–Trinajstić information content (AvgIpc) is 3.34. The maximum Gasteiger partial charge on any atom is 0.258 e. The van der Waals surface area contributed by atoms with E-state index >= 15 is 0 Å². The third-order valence-electron chi connectivity index (χ3n) is 5.85. The van der Waals surface area contributed by atoms with Gasteiger partial charge in [0, 0.05) is 44.5 Å². The number of rotatable bonds is 8. The van der Waals surface area contributed by atoms with Gasteiger partial charge in [-0.15, -0.1) is 11.8 Å². The molecule has 35 heavy (non-hydrogen) atoms. The van der Waals surface area contributed by atoms with Crippen LogP contribution in [0.1, 0.15) is 6.42 Å². The number of methoxy groups -OCH3 is 1. The van der Waals surface area contributed by atoms with Gasteiger partial charge < -0.3 is 20.3 Å². The van der Waals surface area contributed by atoms with Crippen molar-refractivity contribution in [2.24, 2.45) is 0 Å². The molecule has 13 heteroatoms. The molecule has 1 unspecified atom stereocenters. The zero-order chi connectivity index (χ0) is 24.4. The molecule has 0 radical (unpaired) electrons. The Morgan fingerprint density at radius 1 is 1.20 bits per heavy atom. The number of carbonyl (C=O) groups is 1. The van der Waals surface area contributed by atoms with Gasteiger partial charge in [0.15, 0.2) is 5.03 Å². The van der Waals surface area contributed by atoms with Crippen LogP contribution in [0.2, 0.25) is 0 Å². The number of anilines is 2. The Balaban J connectivity index is 1.15. The average molecular weight is 516 g/mol. The maximum atomic E-state index is 12.7. The van der Waals surface area contributed by atoms with Crippen LogP contribution in [0.15, 0.2) is 46.5 Å². The van der Waals surface area contributed by atoms with Gasteiger partial charge in [0.2, 0.25) is 11.8 Å². The number of aromatic nitrogens is 3. The molecule has 3 aromatic heterocycles. The molecule has 0 aliphatic carbocycles. The van der Waals surface area contributed by atoms with Crippen molar-refractivity contribution in [2.75, 3.05) is 49.3 Å². The number of sulfonamides is 1. The van der Waals surface area contributed by atoms with Crippen molar-refractivity contribution in [3.05, 3.63) is 36.5 Å². The van der Waals surface area contributed by atoms with E-state index in [1.807, 2.05) is 12.1 Å². The van der Waals surface area contributed by atoms with Crippen molar-refractivity contribution in [1.82, 2.24) is 25.0 Å². The van der Waals surface area contributed by atoms with E-state index in [1.54, 1.807) is 25.4 Å². The van der Waals surface area contributed by atoms with Crippen molar-refractivity contribution >= 4 is 50.2 Å². The van der Waals surface area contributed by atoms with Crippen LogP contribution in [0.5, 0.6) is 5.88 Å².